The van der Waals surface area contributed by atoms with Crippen LogP contribution in [-0.2, 0) is 9.59 Å². The predicted molar refractivity (Wildman–Crippen MR) is 105 cm³/mol. The van der Waals surface area contributed by atoms with Gasteiger partial charge in [0.05, 0.1) is 11.4 Å². The standard InChI is InChI=1S/C18H19BrN4O3/c1-12(24)21-15-8-7-13(19)11-16(15)23-17(25)9-10-20-18(26)22-14-5-3-2-4-6-14/h2-8,11H,9-10H2,1H3,(H,21,24)(H,23,25)(H2,20,22,26). The number of nitrogens with one attached hydrogen (secondary N) is 4. The van der Waals surface area contributed by atoms with Crippen molar-refractivity contribution < 1.29 is 14.4 Å². The molecule has 136 valence electrons. The molecule has 0 unspecified atom stereocenters. The fourth-order valence-corrected chi connectivity index (χ4v) is 2.48. The molecule has 0 saturated carbocycles. The van der Waals surface area contributed by atoms with Crippen LogP contribution in [0.25, 0.3) is 0 Å². The molecule has 2 rings (SSSR count). The molecule has 0 aromatic heterocycles. The van der Waals surface area contributed by atoms with Crippen LogP contribution in [0.1, 0.15) is 13.3 Å². The van der Waals surface area contributed by atoms with Gasteiger partial charge in [-0.05, 0) is 30.3 Å². The van der Waals surface area contributed by atoms with Crippen molar-refractivity contribution in [3.8, 4) is 0 Å². The number of hydrogen-bond donors (Lipinski definition) is 4. The number of hydrogen-bond acceptors (Lipinski definition) is 3. The first kappa shape index (κ1) is 19.5. The number of amides is 4. The highest BCUT2D eigenvalue weighted by Crippen LogP contribution is 2.26. The van der Waals surface area contributed by atoms with E-state index in [1.54, 1.807) is 30.3 Å². The first-order valence-corrected chi connectivity index (χ1v) is 8.70. The van der Waals surface area contributed by atoms with Gasteiger partial charge in [0.15, 0.2) is 0 Å². The van der Waals surface area contributed by atoms with Crippen LogP contribution in [0.4, 0.5) is 21.9 Å². The van der Waals surface area contributed by atoms with E-state index < -0.39 is 0 Å². The molecule has 0 spiro atoms. The summed E-state index contributed by atoms with van der Waals surface area (Å²) in [4.78, 5) is 35.1. The Morgan fingerprint density at radius 2 is 1.65 bits per heavy atom. The van der Waals surface area contributed by atoms with Crippen molar-refractivity contribution in [3.05, 3.63) is 53.0 Å². The van der Waals surface area contributed by atoms with E-state index in [4.69, 9.17) is 0 Å². The number of urea groups is 1. The molecule has 0 saturated heterocycles. The van der Waals surface area contributed by atoms with Gasteiger partial charge >= 0.3 is 6.03 Å². The lowest BCUT2D eigenvalue weighted by Gasteiger charge is -2.12. The van der Waals surface area contributed by atoms with Gasteiger partial charge in [0.1, 0.15) is 0 Å². The lowest BCUT2D eigenvalue weighted by molar-refractivity contribution is -0.116. The smallest absolute Gasteiger partial charge is 0.319 e. The molecular formula is C18H19BrN4O3. The SMILES string of the molecule is CC(=O)Nc1ccc(Br)cc1NC(=O)CCNC(=O)Nc1ccccc1. The van der Waals surface area contributed by atoms with E-state index in [0.717, 1.165) is 4.47 Å². The molecule has 0 aliphatic carbocycles. The molecule has 0 aliphatic heterocycles. The highest BCUT2D eigenvalue weighted by Gasteiger charge is 2.09. The van der Waals surface area contributed by atoms with E-state index in [-0.39, 0.29) is 30.8 Å². The van der Waals surface area contributed by atoms with Gasteiger partial charge in [-0.1, -0.05) is 34.1 Å². The molecule has 7 nitrogen and oxygen atoms in total. The van der Waals surface area contributed by atoms with Gasteiger partial charge in [0.25, 0.3) is 0 Å². The Bertz CT molecular complexity index is 796. The predicted octanol–water partition coefficient (Wildman–Crippen LogP) is 3.56. The van der Waals surface area contributed by atoms with Gasteiger partial charge in [-0.15, -0.1) is 0 Å². The van der Waals surface area contributed by atoms with Crippen molar-refractivity contribution in [3.63, 3.8) is 0 Å². The minimum atomic E-state index is -0.384. The van der Waals surface area contributed by atoms with Gasteiger partial charge in [-0.3, -0.25) is 9.59 Å². The maximum Gasteiger partial charge on any atom is 0.319 e. The first-order chi connectivity index (χ1) is 12.4. The van der Waals surface area contributed by atoms with Gasteiger partial charge < -0.3 is 21.3 Å². The number of halogens is 1. The second-order valence-corrected chi connectivity index (χ2v) is 6.33. The Kier molecular flexibility index (Phi) is 7.16. The number of carbonyl (C=O) groups is 3. The van der Waals surface area contributed by atoms with E-state index in [0.29, 0.717) is 17.1 Å². The average molecular weight is 419 g/mol. The van der Waals surface area contributed by atoms with Crippen molar-refractivity contribution in [2.75, 3.05) is 22.5 Å². The Labute approximate surface area is 159 Å². The van der Waals surface area contributed by atoms with E-state index in [1.807, 2.05) is 18.2 Å². The summed E-state index contributed by atoms with van der Waals surface area (Å²) in [5.41, 5.74) is 1.65. The third-order valence-corrected chi connectivity index (χ3v) is 3.73. The molecule has 0 aliphatic rings. The van der Waals surface area contributed by atoms with E-state index in [1.165, 1.54) is 6.92 Å². The molecule has 0 bridgehead atoms. The third kappa shape index (κ3) is 6.56. The molecule has 8 heteroatoms. The van der Waals surface area contributed by atoms with Crippen LogP contribution in [-0.4, -0.2) is 24.4 Å². The van der Waals surface area contributed by atoms with Crippen LogP contribution in [0.2, 0.25) is 0 Å². The third-order valence-electron chi connectivity index (χ3n) is 3.24. The van der Waals surface area contributed by atoms with Crippen molar-refractivity contribution in [1.29, 1.82) is 0 Å². The summed E-state index contributed by atoms with van der Waals surface area (Å²) in [6.45, 7) is 1.57. The van der Waals surface area contributed by atoms with Gasteiger partial charge in [0.2, 0.25) is 11.8 Å². The van der Waals surface area contributed by atoms with Crippen molar-refractivity contribution in [1.82, 2.24) is 5.32 Å². The molecule has 0 atom stereocenters. The maximum atomic E-state index is 12.1. The van der Waals surface area contributed by atoms with Gasteiger partial charge in [-0.25, -0.2) is 4.79 Å². The van der Waals surface area contributed by atoms with Gasteiger partial charge in [-0.2, -0.15) is 0 Å². The zero-order chi connectivity index (χ0) is 18.9. The Balaban J connectivity index is 1.82. The van der Waals surface area contributed by atoms with E-state index >= 15 is 0 Å². The summed E-state index contributed by atoms with van der Waals surface area (Å²) in [5.74, 6) is -0.517. The topological polar surface area (TPSA) is 99.3 Å². The molecule has 4 N–H and O–H groups in total. The summed E-state index contributed by atoms with van der Waals surface area (Å²) < 4.78 is 0.766. The average Bonchev–Trinajstić information content (AvgIpc) is 2.58. The fourth-order valence-electron chi connectivity index (χ4n) is 2.12. The molecule has 2 aromatic rings. The van der Waals surface area contributed by atoms with Crippen LogP contribution >= 0.6 is 15.9 Å². The second-order valence-electron chi connectivity index (χ2n) is 5.42. The van der Waals surface area contributed by atoms with Crippen LogP contribution < -0.4 is 21.3 Å². The van der Waals surface area contributed by atoms with Crippen LogP contribution in [0.15, 0.2) is 53.0 Å². The number of carbonyl (C=O) groups excluding carboxylic acids is 3. The zero-order valence-electron chi connectivity index (χ0n) is 14.1. The monoisotopic (exact) mass is 418 g/mol. The highest BCUT2D eigenvalue weighted by atomic mass is 79.9. The number of anilines is 3. The van der Waals surface area contributed by atoms with Crippen molar-refractivity contribution >= 4 is 50.8 Å². The summed E-state index contributed by atoms with van der Waals surface area (Å²) in [7, 11) is 0. The van der Waals surface area contributed by atoms with Gasteiger partial charge in [0, 0.05) is 30.0 Å². The second kappa shape index (κ2) is 9.57. The lowest BCUT2D eigenvalue weighted by atomic mass is 10.2. The van der Waals surface area contributed by atoms with Crippen LogP contribution in [0.5, 0.6) is 0 Å². The lowest BCUT2D eigenvalue weighted by Crippen LogP contribution is -2.31. The van der Waals surface area contributed by atoms with E-state index in [2.05, 4.69) is 37.2 Å². The Morgan fingerprint density at radius 1 is 0.923 bits per heavy atom. The molecule has 4 amide bonds. The summed E-state index contributed by atoms with van der Waals surface area (Å²) in [6, 6.07) is 13.8. The summed E-state index contributed by atoms with van der Waals surface area (Å²) in [6.07, 6.45) is 0.0915. The fraction of sp³-hybridized carbons (Fsp3) is 0.167. The van der Waals surface area contributed by atoms with Crippen molar-refractivity contribution in [2.45, 2.75) is 13.3 Å². The molecule has 0 fully saturated rings. The highest BCUT2D eigenvalue weighted by molar-refractivity contribution is 9.10. The minimum absolute atomic E-state index is 0.0915. The Morgan fingerprint density at radius 3 is 2.35 bits per heavy atom. The maximum absolute atomic E-state index is 12.1. The van der Waals surface area contributed by atoms with Crippen LogP contribution in [0.3, 0.4) is 0 Å². The normalized spacial score (nSPS) is 9.92. The number of para-hydroxylation sites is 1. The largest absolute Gasteiger partial charge is 0.337 e. The van der Waals surface area contributed by atoms with Crippen molar-refractivity contribution in [2.24, 2.45) is 0 Å². The van der Waals surface area contributed by atoms with E-state index in [9.17, 15) is 14.4 Å². The number of rotatable bonds is 6. The quantitative estimate of drug-likeness (QED) is 0.576. The molecule has 0 radical (unpaired) electrons. The first-order valence-electron chi connectivity index (χ1n) is 7.91. The molecular weight excluding hydrogens is 400 g/mol. The zero-order valence-corrected chi connectivity index (χ0v) is 15.7. The Hall–Kier alpha value is -2.87. The summed E-state index contributed by atoms with van der Waals surface area (Å²) >= 11 is 3.33. The number of benzene rings is 2. The molecule has 0 heterocycles. The van der Waals surface area contributed by atoms with Crippen LogP contribution in [0, 0.1) is 0 Å². The molecule has 2 aromatic carbocycles. The summed E-state index contributed by atoms with van der Waals surface area (Å²) in [5, 5.41) is 10.7. The molecule has 26 heavy (non-hydrogen) atoms. The minimum Gasteiger partial charge on any atom is -0.337 e.